The van der Waals surface area contributed by atoms with Gasteiger partial charge in [-0.15, -0.1) is 5.92 Å². The van der Waals surface area contributed by atoms with Gasteiger partial charge in [0.2, 0.25) is 0 Å². The molecule has 0 aromatic carbocycles. The lowest BCUT2D eigenvalue weighted by Crippen LogP contribution is -2.32. The molecule has 0 unspecified atom stereocenters. The molecule has 4 N–H and O–H groups in total. The van der Waals surface area contributed by atoms with Crippen molar-refractivity contribution >= 4 is 5.82 Å². The fraction of sp³-hybridized carbons (Fsp3) is 0.619. The van der Waals surface area contributed by atoms with Crippen LogP contribution in [0.2, 0.25) is 0 Å². The molecule has 160 valence electrons. The zero-order chi connectivity index (χ0) is 21.7. The van der Waals surface area contributed by atoms with Crippen molar-refractivity contribution in [3.05, 3.63) is 34.0 Å². The Morgan fingerprint density at radius 2 is 1.97 bits per heavy atom. The Labute approximate surface area is 172 Å². The van der Waals surface area contributed by atoms with Gasteiger partial charge in [0, 0.05) is 31.1 Å². The second-order valence-corrected chi connectivity index (χ2v) is 8.13. The van der Waals surface area contributed by atoms with Gasteiger partial charge in [-0.25, -0.2) is 4.79 Å². The maximum absolute atomic E-state index is 12.5. The Morgan fingerprint density at radius 1 is 1.34 bits per heavy atom. The molecule has 1 saturated heterocycles. The van der Waals surface area contributed by atoms with Crippen LogP contribution in [0, 0.1) is 23.7 Å². The number of nitrogen functional groups attached to an aromatic ring is 1. The van der Waals surface area contributed by atoms with Crippen LogP contribution in [0.4, 0.5) is 5.82 Å². The molecule has 1 fully saturated rings. The number of aliphatic hydroxyl groups excluding tert-OH is 2. The first-order valence-electron chi connectivity index (χ1n) is 9.89. The molecule has 1 aliphatic rings. The molecule has 0 amide bonds. The topological polar surface area (TPSA) is 114 Å². The third-order valence-electron chi connectivity index (χ3n) is 4.49. The van der Waals surface area contributed by atoms with Crippen LogP contribution in [0.15, 0.2) is 22.8 Å². The Kier molecular flexibility index (Phi) is 7.85. The molecule has 0 radical (unpaired) electrons. The number of hydrogen-bond donors (Lipinski definition) is 3. The molecule has 1 aromatic rings. The molecule has 0 bridgehead atoms. The van der Waals surface area contributed by atoms with Gasteiger partial charge < -0.3 is 25.6 Å². The van der Waals surface area contributed by atoms with E-state index in [1.165, 1.54) is 10.8 Å². The number of aromatic nitrogens is 2. The van der Waals surface area contributed by atoms with Crippen molar-refractivity contribution in [2.75, 3.05) is 25.4 Å². The van der Waals surface area contributed by atoms with E-state index >= 15 is 0 Å². The van der Waals surface area contributed by atoms with Crippen molar-refractivity contribution in [1.29, 1.82) is 0 Å². The molecule has 1 aliphatic heterocycles. The van der Waals surface area contributed by atoms with Crippen LogP contribution in [0.1, 0.15) is 46.4 Å². The highest BCUT2D eigenvalue weighted by Crippen LogP contribution is 2.34. The minimum Gasteiger partial charge on any atom is -0.394 e. The molecule has 2 heterocycles. The highest BCUT2D eigenvalue weighted by molar-refractivity contribution is 5.48. The van der Waals surface area contributed by atoms with E-state index in [1.54, 1.807) is 6.92 Å². The predicted molar refractivity (Wildman–Crippen MR) is 112 cm³/mol. The quantitative estimate of drug-likeness (QED) is 0.580. The normalized spacial score (nSPS) is 22.9. The summed E-state index contributed by atoms with van der Waals surface area (Å²) in [5, 5.41) is 20.4. The summed E-state index contributed by atoms with van der Waals surface area (Å²) in [6.07, 6.45) is 0.552. The number of anilines is 1. The fourth-order valence-electron chi connectivity index (χ4n) is 3.40. The summed E-state index contributed by atoms with van der Waals surface area (Å²) in [5.41, 5.74) is 6.09. The monoisotopic (exact) mass is 404 g/mol. The highest BCUT2D eigenvalue weighted by Gasteiger charge is 2.40. The number of rotatable bonds is 7. The van der Waals surface area contributed by atoms with Gasteiger partial charge in [-0.1, -0.05) is 33.6 Å². The SMILES string of the molecule is CC#Cc1cn([C@@H]2O[C@H](CO)[C@@H](O)/C2=C\N(CC(C)C)CC(C)C)c(=O)nc1N. The summed E-state index contributed by atoms with van der Waals surface area (Å²) in [5.74, 6) is 6.42. The molecular formula is C21H32N4O4. The maximum Gasteiger partial charge on any atom is 0.351 e. The third kappa shape index (κ3) is 5.60. The second-order valence-electron chi connectivity index (χ2n) is 8.13. The van der Waals surface area contributed by atoms with E-state index in [0.717, 1.165) is 13.1 Å². The van der Waals surface area contributed by atoms with Crippen molar-refractivity contribution in [3.63, 3.8) is 0 Å². The number of nitrogens with zero attached hydrogens (tertiary/aromatic N) is 3. The van der Waals surface area contributed by atoms with Crippen LogP contribution in [0.3, 0.4) is 0 Å². The summed E-state index contributed by atoms with van der Waals surface area (Å²) in [4.78, 5) is 18.5. The lowest BCUT2D eigenvalue weighted by Gasteiger charge is -2.27. The zero-order valence-corrected chi connectivity index (χ0v) is 17.8. The van der Waals surface area contributed by atoms with E-state index in [9.17, 15) is 15.0 Å². The van der Waals surface area contributed by atoms with Gasteiger partial charge in [0.1, 0.15) is 18.0 Å². The minimum absolute atomic E-state index is 0.0459. The van der Waals surface area contributed by atoms with Gasteiger partial charge in [-0.2, -0.15) is 4.98 Å². The average molecular weight is 405 g/mol. The smallest absolute Gasteiger partial charge is 0.351 e. The van der Waals surface area contributed by atoms with E-state index in [2.05, 4.69) is 49.4 Å². The lowest BCUT2D eigenvalue weighted by molar-refractivity contribution is -0.0447. The molecule has 8 heteroatoms. The number of hydrogen-bond acceptors (Lipinski definition) is 7. The van der Waals surface area contributed by atoms with Crippen molar-refractivity contribution < 1.29 is 14.9 Å². The van der Waals surface area contributed by atoms with Gasteiger partial charge >= 0.3 is 5.69 Å². The molecule has 3 atom stereocenters. The Bertz CT molecular complexity index is 840. The van der Waals surface area contributed by atoms with E-state index < -0.39 is 24.1 Å². The van der Waals surface area contributed by atoms with Crippen LogP contribution in [0.25, 0.3) is 0 Å². The summed E-state index contributed by atoms with van der Waals surface area (Å²) in [7, 11) is 0. The molecule has 0 spiro atoms. The van der Waals surface area contributed by atoms with Crippen LogP contribution in [-0.2, 0) is 4.74 Å². The predicted octanol–water partition coefficient (Wildman–Crippen LogP) is 0.945. The zero-order valence-electron chi connectivity index (χ0n) is 17.8. The number of aliphatic hydroxyl groups is 2. The molecule has 8 nitrogen and oxygen atoms in total. The van der Waals surface area contributed by atoms with Gasteiger partial charge in [-0.3, -0.25) is 4.57 Å². The van der Waals surface area contributed by atoms with Crippen LogP contribution in [-0.4, -0.2) is 56.6 Å². The Morgan fingerprint density at radius 3 is 2.48 bits per heavy atom. The first kappa shape index (κ1) is 22.9. The van der Waals surface area contributed by atoms with Gasteiger partial charge in [0.25, 0.3) is 0 Å². The van der Waals surface area contributed by atoms with Crippen molar-refractivity contribution in [2.45, 2.75) is 53.1 Å². The van der Waals surface area contributed by atoms with Crippen molar-refractivity contribution in [3.8, 4) is 11.8 Å². The van der Waals surface area contributed by atoms with Gasteiger partial charge in [-0.05, 0) is 18.8 Å². The summed E-state index contributed by atoms with van der Waals surface area (Å²) < 4.78 is 7.09. The van der Waals surface area contributed by atoms with E-state index in [4.69, 9.17) is 10.5 Å². The van der Waals surface area contributed by atoms with Gasteiger partial charge in [0.05, 0.1) is 12.2 Å². The number of nitrogens with two attached hydrogens (primary N) is 1. The third-order valence-corrected chi connectivity index (χ3v) is 4.49. The first-order valence-corrected chi connectivity index (χ1v) is 9.89. The molecule has 1 aromatic heterocycles. The van der Waals surface area contributed by atoms with Crippen molar-refractivity contribution in [1.82, 2.24) is 14.5 Å². The van der Waals surface area contributed by atoms with E-state index in [-0.39, 0.29) is 12.4 Å². The van der Waals surface area contributed by atoms with Crippen LogP contribution >= 0.6 is 0 Å². The molecule has 0 aliphatic carbocycles. The second kappa shape index (κ2) is 9.92. The Balaban J connectivity index is 2.54. The standard InChI is InChI=1S/C21H32N4O4/c1-6-7-15-10-25(21(28)23-19(15)22)20-16(18(27)17(12-26)29-20)11-24(8-13(2)3)9-14(4)5/h10-11,13-14,17-18,20,26-27H,8-9,12H2,1-5H3,(H2,22,23,28)/b16-11+/t17-,18+,20-/m1/s1. The maximum atomic E-state index is 12.5. The van der Waals surface area contributed by atoms with Crippen LogP contribution < -0.4 is 11.4 Å². The summed E-state index contributed by atoms with van der Waals surface area (Å²) >= 11 is 0. The lowest BCUT2D eigenvalue weighted by atomic mass is 10.1. The molecule has 0 saturated carbocycles. The molecule has 29 heavy (non-hydrogen) atoms. The Hall–Kier alpha value is -2.34. The van der Waals surface area contributed by atoms with Crippen molar-refractivity contribution in [2.24, 2.45) is 11.8 Å². The van der Waals surface area contributed by atoms with E-state index in [0.29, 0.717) is 23.0 Å². The summed E-state index contributed by atoms with van der Waals surface area (Å²) in [6, 6.07) is 0. The fourth-order valence-corrected chi connectivity index (χ4v) is 3.40. The molecular weight excluding hydrogens is 372 g/mol. The highest BCUT2D eigenvalue weighted by atomic mass is 16.5. The molecule has 2 rings (SSSR count). The van der Waals surface area contributed by atoms with Gasteiger partial charge in [0.15, 0.2) is 6.23 Å². The summed E-state index contributed by atoms with van der Waals surface area (Å²) in [6.45, 7) is 11.3. The number of ether oxygens (including phenoxy) is 1. The van der Waals surface area contributed by atoms with Crippen LogP contribution in [0.5, 0.6) is 0 Å². The van der Waals surface area contributed by atoms with E-state index in [1.807, 2.05) is 6.20 Å². The minimum atomic E-state index is -1.04. The largest absolute Gasteiger partial charge is 0.394 e. The first-order chi connectivity index (χ1) is 13.7. The average Bonchev–Trinajstić information content (AvgIpc) is 2.92.